The lowest BCUT2D eigenvalue weighted by molar-refractivity contribution is 0.503. The van der Waals surface area contributed by atoms with E-state index in [1.165, 1.54) is 205 Å². The fourth-order valence-corrected chi connectivity index (χ4v) is 5.79. The van der Waals surface area contributed by atoms with Gasteiger partial charge in [-0.3, -0.25) is 0 Å². The van der Waals surface area contributed by atoms with Crippen molar-refractivity contribution in [2.75, 3.05) is 0 Å². The zero-order valence-electron chi connectivity index (χ0n) is 26.1. The predicted octanol–water partition coefficient (Wildman–Crippen LogP) is 14.1. The number of unbranched alkanes of at least 4 members (excludes halogenated alkanes) is 26. The first-order chi connectivity index (χ1) is 17.8. The van der Waals surface area contributed by atoms with E-state index in [9.17, 15) is 0 Å². The van der Waals surface area contributed by atoms with Gasteiger partial charge >= 0.3 is 0 Å². The standard InChI is InChI=1S/C36H73/c1-4-7-10-13-16-18-20-21-23-26-29-32-35-36(33-30-27-24-15-12-9-6-3)34-31-28-25-22-19-17-14-11-8-5-2/h4-35H2,1-3H3. The second-order valence-corrected chi connectivity index (χ2v) is 12.2. The molecule has 0 atom stereocenters. The molecule has 0 rings (SSSR count). The van der Waals surface area contributed by atoms with Gasteiger partial charge < -0.3 is 0 Å². The van der Waals surface area contributed by atoms with Crippen LogP contribution in [0, 0.1) is 5.92 Å². The van der Waals surface area contributed by atoms with Crippen LogP contribution in [0.1, 0.15) is 226 Å². The summed E-state index contributed by atoms with van der Waals surface area (Å²) in [5.41, 5.74) is 0. The molecule has 0 unspecified atom stereocenters. The maximum absolute atomic E-state index is 2.32. The first-order valence-corrected chi connectivity index (χ1v) is 17.7. The molecule has 0 aromatic carbocycles. The van der Waals surface area contributed by atoms with Crippen molar-refractivity contribution < 1.29 is 0 Å². The molecule has 0 heterocycles. The molecule has 0 aliphatic heterocycles. The summed E-state index contributed by atoms with van der Waals surface area (Å²) in [7, 11) is 0. The van der Waals surface area contributed by atoms with Crippen LogP contribution in [0.25, 0.3) is 0 Å². The molecule has 0 nitrogen and oxygen atoms in total. The summed E-state index contributed by atoms with van der Waals surface area (Å²) in [5, 5.41) is 0. The first kappa shape index (κ1) is 36.0. The highest BCUT2D eigenvalue weighted by atomic mass is 14.1. The molecule has 0 N–H and O–H groups in total. The van der Waals surface area contributed by atoms with E-state index in [1.807, 2.05) is 5.92 Å². The van der Waals surface area contributed by atoms with E-state index in [2.05, 4.69) is 20.8 Å². The van der Waals surface area contributed by atoms with Crippen LogP contribution in [0.5, 0.6) is 0 Å². The van der Waals surface area contributed by atoms with Gasteiger partial charge in [0.25, 0.3) is 0 Å². The maximum Gasteiger partial charge on any atom is -0.0241 e. The molecule has 1 radical (unpaired) electrons. The van der Waals surface area contributed by atoms with E-state index in [4.69, 9.17) is 0 Å². The maximum atomic E-state index is 2.32. The van der Waals surface area contributed by atoms with E-state index in [-0.39, 0.29) is 0 Å². The fraction of sp³-hybridized carbons (Fsp3) is 0.972. The van der Waals surface area contributed by atoms with Gasteiger partial charge in [-0.15, -0.1) is 0 Å². The number of hydrogen-bond acceptors (Lipinski definition) is 0. The molecule has 0 aliphatic rings. The molecule has 0 aromatic heterocycles. The van der Waals surface area contributed by atoms with Crippen LogP contribution < -0.4 is 0 Å². The second-order valence-electron chi connectivity index (χ2n) is 12.2. The molecule has 0 saturated heterocycles. The van der Waals surface area contributed by atoms with Gasteiger partial charge in [0.2, 0.25) is 0 Å². The van der Waals surface area contributed by atoms with Gasteiger partial charge in [0, 0.05) is 0 Å². The Morgan fingerprint density at radius 2 is 0.389 bits per heavy atom. The third-order valence-electron chi connectivity index (χ3n) is 8.40. The molecule has 0 fully saturated rings. The number of hydrogen-bond donors (Lipinski definition) is 0. The van der Waals surface area contributed by atoms with Gasteiger partial charge in [-0.1, -0.05) is 207 Å². The predicted molar refractivity (Wildman–Crippen MR) is 168 cm³/mol. The van der Waals surface area contributed by atoms with Gasteiger partial charge in [-0.05, 0) is 25.2 Å². The third kappa shape index (κ3) is 30.2. The Hall–Kier alpha value is 0. The highest BCUT2D eigenvalue weighted by Crippen LogP contribution is 2.27. The van der Waals surface area contributed by atoms with Gasteiger partial charge in [0.15, 0.2) is 0 Å². The SMILES string of the molecule is CCCCCCCCCCCCCC[C](CCCCCCCCC)CCCCCCCCCCCC. The van der Waals surface area contributed by atoms with E-state index in [1.54, 1.807) is 0 Å². The minimum Gasteiger partial charge on any atom is -0.0654 e. The molecule has 0 aliphatic carbocycles. The summed E-state index contributed by atoms with van der Waals surface area (Å²) in [6.07, 6.45) is 46.8. The summed E-state index contributed by atoms with van der Waals surface area (Å²) in [4.78, 5) is 0. The second kappa shape index (κ2) is 33.0. The molecule has 0 amide bonds. The summed E-state index contributed by atoms with van der Waals surface area (Å²) in [6, 6.07) is 0. The molecule has 217 valence electrons. The van der Waals surface area contributed by atoms with E-state index in [0.717, 1.165) is 0 Å². The van der Waals surface area contributed by atoms with Crippen molar-refractivity contribution in [3.05, 3.63) is 5.92 Å². The van der Waals surface area contributed by atoms with Crippen molar-refractivity contribution in [2.45, 2.75) is 226 Å². The molecule has 0 spiro atoms. The van der Waals surface area contributed by atoms with Crippen molar-refractivity contribution in [1.29, 1.82) is 0 Å². The Morgan fingerprint density at radius 3 is 0.583 bits per heavy atom. The van der Waals surface area contributed by atoms with Crippen LogP contribution in [0.4, 0.5) is 0 Å². The zero-order valence-corrected chi connectivity index (χ0v) is 26.1. The van der Waals surface area contributed by atoms with E-state index >= 15 is 0 Å². The zero-order chi connectivity index (χ0) is 26.2. The first-order valence-electron chi connectivity index (χ1n) is 17.7. The summed E-state index contributed by atoms with van der Waals surface area (Å²) < 4.78 is 0. The Bertz CT molecular complexity index is 359. The van der Waals surface area contributed by atoms with Crippen molar-refractivity contribution in [3.63, 3.8) is 0 Å². The van der Waals surface area contributed by atoms with Crippen LogP contribution in [0.15, 0.2) is 0 Å². The summed E-state index contributed by atoms with van der Waals surface area (Å²) in [6.45, 7) is 6.95. The normalized spacial score (nSPS) is 11.7. The van der Waals surface area contributed by atoms with Crippen LogP contribution in [-0.2, 0) is 0 Å². The Kier molecular flexibility index (Phi) is 33.0. The van der Waals surface area contributed by atoms with Crippen molar-refractivity contribution in [1.82, 2.24) is 0 Å². The van der Waals surface area contributed by atoms with Gasteiger partial charge in [0.05, 0.1) is 0 Å². The average molecular weight is 506 g/mol. The van der Waals surface area contributed by atoms with Crippen molar-refractivity contribution in [3.8, 4) is 0 Å². The van der Waals surface area contributed by atoms with Crippen LogP contribution in [0.2, 0.25) is 0 Å². The summed E-state index contributed by atoms with van der Waals surface area (Å²) in [5.74, 6) is 1.94. The van der Waals surface area contributed by atoms with Crippen LogP contribution in [0.3, 0.4) is 0 Å². The quantitative estimate of drug-likeness (QED) is 0.0797. The van der Waals surface area contributed by atoms with E-state index < -0.39 is 0 Å². The Morgan fingerprint density at radius 1 is 0.222 bits per heavy atom. The minimum absolute atomic E-state index is 1.37. The van der Waals surface area contributed by atoms with E-state index in [0.29, 0.717) is 0 Å². The molecular weight excluding hydrogens is 432 g/mol. The fourth-order valence-electron chi connectivity index (χ4n) is 5.79. The van der Waals surface area contributed by atoms with Gasteiger partial charge in [-0.25, -0.2) is 0 Å². The van der Waals surface area contributed by atoms with Crippen LogP contribution in [-0.4, -0.2) is 0 Å². The van der Waals surface area contributed by atoms with Gasteiger partial charge in [0.1, 0.15) is 0 Å². The Balaban J connectivity index is 3.81. The van der Waals surface area contributed by atoms with Crippen LogP contribution >= 0.6 is 0 Å². The minimum atomic E-state index is 1.37. The monoisotopic (exact) mass is 506 g/mol. The smallest absolute Gasteiger partial charge is 0.0241 e. The van der Waals surface area contributed by atoms with Crippen molar-refractivity contribution in [2.24, 2.45) is 0 Å². The lowest BCUT2D eigenvalue weighted by atomic mass is 9.89. The molecule has 0 heteroatoms. The Labute approximate surface area is 232 Å². The molecule has 0 bridgehead atoms. The van der Waals surface area contributed by atoms with Gasteiger partial charge in [-0.2, -0.15) is 0 Å². The molecule has 0 aromatic rings. The average Bonchev–Trinajstić information content (AvgIpc) is 2.89. The molecule has 36 heavy (non-hydrogen) atoms. The van der Waals surface area contributed by atoms with Crippen molar-refractivity contribution >= 4 is 0 Å². The lowest BCUT2D eigenvalue weighted by Gasteiger charge is -2.16. The third-order valence-corrected chi connectivity index (χ3v) is 8.40. The number of rotatable bonds is 32. The highest BCUT2D eigenvalue weighted by Gasteiger charge is 2.09. The summed E-state index contributed by atoms with van der Waals surface area (Å²) >= 11 is 0. The highest BCUT2D eigenvalue weighted by molar-refractivity contribution is 4.89. The largest absolute Gasteiger partial charge is 0.0654 e. The molecule has 0 saturated carbocycles. The lowest BCUT2D eigenvalue weighted by Crippen LogP contribution is -1.99. The topological polar surface area (TPSA) is 0 Å². The molecular formula is C36H73.